The van der Waals surface area contributed by atoms with Gasteiger partial charge >= 0.3 is 0 Å². The van der Waals surface area contributed by atoms with Gasteiger partial charge in [-0.15, -0.1) is 0 Å². The number of fused-ring (bicyclic) bond motifs is 1. The zero-order valence-electron chi connectivity index (χ0n) is 12.3. The topological polar surface area (TPSA) is 47.8 Å². The second-order valence-electron chi connectivity index (χ2n) is 4.92. The number of benzene rings is 1. The van der Waals surface area contributed by atoms with Gasteiger partial charge in [-0.05, 0) is 25.1 Å². The number of hydrogen-bond donors (Lipinski definition) is 0. The lowest BCUT2D eigenvalue weighted by Crippen LogP contribution is -2.01. The van der Waals surface area contributed by atoms with Crippen LogP contribution in [0.25, 0.3) is 22.6 Å². The lowest BCUT2D eigenvalue weighted by molar-refractivity contribution is 0.684. The van der Waals surface area contributed by atoms with Gasteiger partial charge < -0.3 is 4.57 Å². The van der Waals surface area contributed by atoms with E-state index in [4.69, 9.17) is 0 Å². The Morgan fingerprint density at radius 2 is 1.90 bits per heavy atom. The summed E-state index contributed by atoms with van der Waals surface area (Å²) >= 11 is 0. The average Bonchev–Trinajstić information content (AvgIpc) is 2.83. The first-order chi connectivity index (χ1) is 10.1. The van der Waals surface area contributed by atoms with E-state index in [2.05, 4.69) is 9.97 Å². The molecule has 0 N–H and O–H groups in total. The molecule has 108 valence electrons. The van der Waals surface area contributed by atoms with Gasteiger partial charge in [0, 0.05) is 29.0 Å². The van der Waals surface area contributed by atoms with Crippen LogP contribution in [0.4, 0.5) is 0 Å². The second kappa shape index (κ2) is 5.41. The summed E-state index contributed by atoms with van der Waals surface area (Å²) in [6, 6.07) is 11.7. The molecule has 0 bridgehead atoms. The van der Waals surface area contributed by atoms with Gasteiger partial charge in [0.1, 0.15) is 11.3 Å². The number of aromatic nitrogens is 3. The third-order valence-electron chi connectivity index (χ3n) is 3.49. The fourth-order valence-electron chi connectivity index (χ4n) is 2.41. The maximum absolute atomic E-state index is 12.2. The number of imidazole rings is 1. The van der Waals surface area contributed by atoms with E-state index >= 15 is 0 Å². The lowest BCUT2D eigenvalue weighted by Gasteiger charge is -2.08. The van der Waals surface area contributed by atoms with E-state index in [9.17, 15) is 4.21 Å². The molecule has 2 heterocycles. The average molecular weight is 299 g/mol. The van der Waals surface area contributed by atoms with Gasteiger partial charge in [-0.1, -0.05) is 25.1 Å². The molecule has 0 aliphatic heterocycles. The van der Waals surface area contributed by atoms with Gasteiger partial charge in [-0.2, -0.15) is 0 Å². The lowest BCUT2D eigenvalue weighted by atomic mass is 10.2. The van der Waals surface area contributed by atoms with Crippen LogP contribution in [0.3, 0.4) is 0 Å². The zero-order chi connectivity index (χ0) is 15.0. The number of hydrogen-bond acceptors (Lipinski definition) is 3. The van der Waals surface area contributed by atoms with E-state index in [-0.39, 0.29) is 0 Å². The molecule has 0 aliphatic carbocycles. The SMILES string of the molecule is CCS(=O)c1ccccc1-c1nc2ccc(C)nc2n1C. The highest BCUT2D eigenvalue weighted by molar-refractivity contribution is 7.85. The first kappa shape index (κ1) is 13.9. The molecule has 0 aliphatic rings. The maximum Gasteiger partial charge on any atom is 0.160 e. The molecule has 0 fully saturated rings. The molecule has 5 heteroatoms. The molecule has 0 radical (unpaired) electrons. The van der Waals surface area contributed by atoms with Crippen LogP contribution in [0.15, 0.2) is 41.3 Å². The Labute approximate surface area is 126 Å². The van der Waals surface area contributed by atoms with Gasteiger partial charge in [0.2, 0.25) is 0 Å². The molecule has 0 spiro atoms. The summed E-state index contributed by atoms with van der Waals surface area (Å²) in [5, 5.41) is 0. The summed E-state index contributed by atoms with van der Waals surface area (Å²) < 4.78 is 14.2. The van der Waals surface area contributed by atoms with E-state index in [1.54, 1.807) is 0 Å². The van der Waals surface area contributed by atoms with E-state index in [1.807, 2.05) is 61.9 Å². The van der Waals surface area contributed by atoms with E-state index < -0.39 is 10.8 Å². The van der Waals surface area contributed by atoms with Gasteiger partial charge in [0.25, 0.3) is 0 Å². The molecule has 1 aromatic carbocycles. The molecular weight excluding hydrogens is 282 g/mol. The highest BCUT2D eigenvalue weighted by Gasteiger charge is 2.16. The van der Waals surface area contributed by atoms with Crippen molar-refractivity contribution in [2.45, 2.75) is 18.7 Å². The van der Waals surface area contributed by atoms with Crippen molar-refractivity contribution in [3.05, 3.63) is 42.1 Å². The van der Waals surface area contributed by atoms with Crippen LogP contribution in [0.2, 0.25) is 0 Å². The number of aryl methyl sites for hydroxylation is 2. The van der Waals surface area contributed by atoms with Crippen molar-refractivity contribution >= 4 is 22.0 Å². The Hall–Kier alpha value is -2.01. The second-order valence-corrected chi connectivity index (χ2v) is 6.63. The van der Waals surface area contributed by atoms with Crippen LogP contribution in [-0.2, 0) is 17.8 Å². The largest absolute Gasteiger partial charge is 0.312 e. The number of nitrogens with zero attached hydrogens (tertiary/aromatic N) is 3. The Morgan fingerprint density at radius 1 is 1.14 bits per heavy atom. The fourth-order valence-corrected chi connectivity index (χ4v) is 3.35. The third-order valence-corrected chi connectivity index (χ3v) is 4.86. The minimum absolute atomic E-state index is 0.596. The van der Waals surface area contributed by atoms with Gasteiger partial charge in [-0.3, -0.25) is 4.21 Å². The van der Waals surface area contributed by atoms with Gasteiger partial charge in [0.05, 0.1) is 10.8 Å². The molecule has 1 atom stereocenters. The standard InChI is InChI=1S/C16H17N3OS/c1-4-21(20)14-8-6-5-7-12(14)15-18-13-10-9-11(2)17-16(13)19(15)3/h5-10H,4H2,1-3H3. The predicted molar refractivity (Wildman–Crippen MR) is 85.6 cm³/mol. The highest BCUT2D eigenvalue weighted by Crippen LogP contribution is 2.27. The third kappa shape index (κ3) is 2.38. The molecule has 21 heavy (non-hydrogen) atoms. The highest BCUT2D eigenvalue weighted by atomic mass is 32.2. The van der Waals surface area contributed by atoms with E-state index in [1.165, 1.54) is 0 Å². The van der Waals surface area contributed by atoms with Crippen molar-refractivity contribution in [1.29, 1.82) is 0 Å². The van der Waals surface area contributed by atoms with Crippen molar-refractivity contribution in [2.24, 2.45) is 7.05 Å². The Kier molecular flexibility index (Phi) is 3.59. The summed E-state index contributed by atoms with van der Waals surface area (Å²) in [6.45, 7) is 3.89. The molecule has 4 nitrogen and oxygen atoms in total. The van der Waals surface area contributed by atoms with Crippen LogP contribution in [0, 0.1) is 6.92 Å². The normalized spacial score (nSPS) is 12.7. The maximum atomic E-state index is 12.2. The molecular formula is C16H17N3OS. The molecule has 0 saturated heterocycles. The van der Waals surface area contributed by atoms with Gasteiger partial charge in [-0.25, -0.2) is 9.97 Å². The van der Waals surface area contributed by atoms with Crippen LogP contribution in [-0.4, -0.2) is 24.5 Å². The molecule has 1 unspecified atom stereocenters. The summed E-state index contributed by atoms with van der Waals surface area (Å²) in [5.74, 6) is 1.40. The van der Waals surface area contributed by atoms with Crippen molar-refractivity contribution in [3.8, 4) is 11.4 Å². The van der Waals surface area contributed by atoms with Crippen molar-refractivity contribution in [3.63, 3.8) is 0 Å². The molecule has 3 aromatic rings. The fraction of sp³-hybridized carbons (Fsp3) is 0.250. The van der Waals surface area contributed by atoms with Crippen LogP contribution < -0.4 is 0 Å². The van der Waals surface area contributed by atoms with Crippen LogP contribution in [0.1, 0.15) is 12.6 Å². The van der Waals surface area contributed by atoms with Crippen LogP contribution in [0.5, 0.6) is 0 Å². The Bertz CT molecular complexity index is 839. The van der Waals surface area contributed by atoms with E-state index in [0.717, 1.165) is 33.1 Å². The van der Waals surface area contributed by atoms with E-state index in [0.29, 0.717) is 5.75 Å². The summed E-state index contributed by atoms with van der Waals surface area (Å²) in [4.78, 5) is 10.0. The minimum atomic E-state index is -1.01. The first-order valence-corrected chi connectivity index (χ1v) is 8.21. The van der Waals surface area contributed by atoms with Gasteiger partial charge in [0.15, 0.2) is 5.65 Å². The summed E-state index contributed by atoms with van der Waals surface area (Å²) in [6.07, 6.45) is 0. The van der Waals surface area contributed by atoms with Crippen molar-refractivity contribution < 1.29 is 4.21 Å². The molecule has 2 aromatic heterocycles. The Morgan fingerprint density at radius 3 is 2.67 bits per heavy atom. The number of rotatable bonds is 3. The van der Waals surface area contributed by atoms with Crippen molar-refractivity contribution in [2.75, 3.05) is 5.75 Å². The molecule has 0 saturated carbocycles. The first-order valence-electron chi connectivity index (χ1n) is 6.89. The molecule has 3 rings (SSSR count). The number of pyridine rings is 1. The monoisotopic (exact) mass is 299 g/mol. The zero-order valence-corrected chi connectivity index (χ0v) is 13.1. The Balaban J connectivity index is 2.26. The van der Waals surface area contributed by atoms with Crippen molar-refractivity contribution in [1.82, 2.24) is 14.5 Å². The molecule has 0 amide bonds. The smallest absolute Gasteiger partial charge is 0.160 e. The summed E-state index contributed by atoms with van der Waals surface area (Å²) in [7, 11) is 0.937. The predicted octanol–water partition coefficient (Wildman–Crippen LogP) is 3.07. The van der Waals surface area contributed by atoms with Crippen LogP contribution >= 0.6 is 0 Å². The minimum Gasteiger partial charge on any atom is -0.312 e. The quantitative estimate of drug-likeness (QED) is 0.746. The summed E-state index contributed by atoms with van der Waals surface area (Å²) in [5.41, 5.74) is 3.58.